The molecule has 0 amide bonds. The first-order valence-corrected chi connectivity index (χ1v) is 8.76. The van der Waals surface area contributed by atoms with Crippen molar-refractivity contribution in [2.24, 2.45) is 0 Å². The van der Waals surface area contributed by atoms with Gasteiger partial charge in [-0.15, -0.1) is 0 Å². The molecular formula is C14H22N2O3S. The summed E-state index contributed by atoms with van der Waals surface area (Å²) in [6.45, 7) is 2.48. The molecule has 0 aromatic carbocycles. The summed E-state index contributed by atoms with van der Waals surface area (Å²) >= 11 is 0. The minimum atomic E-state index is -3.04. The van der Waals surface area contributed by atoms with Crippen molar-refractivity contribution in [3.05, 3.63) is 24.0 Å². The van der Waals surface area contributed by atoms with Crippen LogP contribution in [0.2, 0.25) is 0 Å². The average molecular weight is 298 g/mol. The molecule has 2 unspecified atom stereocenters. The third kappa shape index (κ3) is 3.30. The first-order chi connectivity index (χ1) is 9.58. The summed E-state index contributed by atoms with van der Waals surface area (Å²) < 4.78 is 30.0. The Morgan fingerprint density at radius 1 is 1.45 bits per heavy atom. The Morgan fingerprint density at radius 2 is 2.25 bits per heavy atom. The lowest BCUT2D eigenvalue weighted by molar-refractivity contribution is 0.337. The summed E-state index contributed by atoms with van der Waals surface area (Å²) in [6, 6.07) is 1.65. The second-order valence-corrected chi connectivity index (χ2v) is 7.39. The van der Waals surface area contributed by atoms with Crippen LogP contribution in [0.1, 0.15) is 37.8 Å². The highest BCUT2D eigenvalue weighted by Crippen LogP contribution is 2.31. The van der Waals surface area contributed by atoms with E-state index in [1.807, 2.05) is 13.0 Å². The molecule has 1 aromatic heterocycles. The Bertz CT molecular complexity index is 545. The monoisotopic (exact) mass is 298 g/mol. The molecule has 1 aliphatic heterocycles. The van der Waals surface area contributed by atoms with Crippen LogP contribution in [0.25, 0.3) is 0 Å². The number of nitrogens with one attached hydrogen (secondary N) is 1. The Kier molecular flexibility index (Phi) is 4.99. The van der Waals surface area contributed by atoms with Gasteiger partial charge in [0.05, 0.1) is 29.8 Å². The first-order valence-electron chi connectivity index (χ1n) is 7.05. The van der Waals surface area contributed by atoms with E-state index in [1.54, 1.807) is 19.4 Å². The highest BCUT2D eigenvalue weighted by atomic mass is 32.2. The molecule has 112 valence electrons. The predicted molar refractivity (Wildman–Crippen MR) is 78.6 cm³/mol. The SMILES string of the molecule is CCOc1cncc(C(NC)C2CCCCS2(=O)=O)c1. The second-order valence-electron chi connectivity index (χ2n) is 5.05. The van der Waals surface area contributed by atoms with Crippen LogP contribution in [-0.4, -0.2) is 38.1 Å². The number of hydrogen-bond acceptors (Lipinski definition) is 5. The van der Waals surface area contributed by atoms with Gasteiger partial charge in [0.1, 0.15) is 5.75 Å². The lowest BCUT2D eigenvalue weighted by Gasteiger charge is -2.30. The van der Waals surface area contributed by atoms with Crippen molar-refractivity contribution >= 4 is 9.84 Å². The molecule has 0 spiro atoms. The molecule has 2 atom stereocenters. The zero-order chi connectivity index (χ0) is 14.6. The molecule has 1 N–H and O–H groups in total. The van der Waals surface area contributed by atoms with Crippen molar-refractivity contribution in [1.29, 1.82) is 0 Å². The van der Waals surface area contributed by atoms with E-state index in [2.05, 4.69) is 10.3 Å². The highest BCUT2D eigenvalue weighted by Gasteiger charge is 2.35. The third-order valence-electron chi connectivity index (χ3n) is 3.72. The van der Waals surface area contributed by atoms with E-state index in [-0.39, 0.29) is 17.0 Å². The van der Waals surface area contributed by atoms with Crippen molar-refractivity contribution in [3.63, 3.8) is 0 Å². The number of ether oxygens (including phenoxy) is 1. The van der Waals surface area contributed by atoms with E-state index >= 15 is 0 Å². The van der Waals surface area contributed by atoms with E-state index in [0.717, 1.165) is 18.4 Å². The lowest BCUT2D eigenvalue weighted by atomic mass is 10.0. The number of hydrogen-bond donors (Lipinski definition) is 1. The molecule has 1 saturated heterocycles. The predicted octanol–water partition coefficient (Wildman–Crippen LogP) is 1.71. The fourth-order valence-electron chi connectivity index (χ4n) is 2.77. The molecule has 2 heterocycles. The van der Waals surface area contributed by atoms with Crippen molar-refractivity contribution < 1.29 is 13.2 Å². The maximum absolute atomic E-state index is 12.3. The van der Waals surface area contributed by atoms with Gasteiger partial charge in [-0.3, -0.25) is 4.98 Å². The molecule has 20 heavy (non-hydrogen) atoms. The van der Waals surface area contributed by atoms with Gasteiger partial charge < -0.3 is 10.1 Å². The molecule has 0 bridgehead atoms. The Balaban J connectivity index is 2.29. The van der Waals surface area contributed by atoms with Gasteiger partial charge in [-0.2, -0.15) is 0 Å². The number of rotatable bonds is 5. The van der Waals surface area contributed by atoms with Crippen molar-refractivity contribution in [2.45, 2.75) is 37.5 Å². The fraction of sp³-hybridized carbons (Fsp3) is 0.643. The minimum Gasteiger partial charge on any atom is -0.492 e. The summed E-state index contributed by atoms with van der Waals surface area (Å²) in [4.78, 5) is 4.15. The maximum atomic E-state index is 12.3. The second kappa shape index (κ2) is 6.54. The molecular weight excluding hydrogens is 276 g/mol. The lowest BCUT2D eigenvalue weighted by Crippen LogP contribution is -2.39. The minimum absolute atomic E-state index is 0.229. The Hall–Kier alpha value is -1.14. The van der Waals surface area contributed by atoms with Crippen LogP contribution >= 0.6 is 0 Å². The molecule has 0 saturated carbocycles. The standard InChI is InChI=1S/C14H22N2O3S/c1-3-19-12-8-11(9-16-10-12)14(15-2)13-6-4-5-7-20(13,17)18/h8-10,13-15H,3-7H2,1-2H3. The van der Waals surface area contributed by atoms with Crippen LogP contribution in [0.4, 0.5) is 0 Å². The molecule has 1 aliphatic rings. The number of nitrogens with zero attached hydrogens (tertiary/aromatic N) is 1. The van der Waals surface area contributed by atoms with Gasteiger partial charge in [0, 0.05) is 6.20 Å². The van der Waals surface area contributed by atoms with Gasteiger partial charge in [0.25, 0.3) is 0 Å². The van der Waals surface area contributed by atoms with Gasteiger partial charge >= 0.3 is 0 Å². The van der Waals surface area contributed by atoms with E-state index in [4.69, 9.17) is 4.74 Å². The first kappa shape index (κ1) is 15.3. The number of pyridine rings is 1. The van der Waals surface area contributed by atoms with Crippen LogP contribution < -0.4 is 10.1 Å². The normalized spacial score (nSPS) is 23.2. The van der Waals surface area contributed by atoms with Crippen molar-refractivity contribution in [3.8, 4) is 5.75 Å². The number of sulfone groups is 1. The van der Waals surface area contributed by atoms with Gasteiger partial charge in [-0.05, 0) is 38.4 Å². The zero-order valence-electron chi connectivity index (χ0n) is 12.0. The average Bonchev–Trinajstić information content (AvgIpc) is 2.42. The smallest absolute Gasteiger partial charge is 0.155 e. The molecule has 5 nitrogen and oxygen atoms in total. The van der Waals surface area contributed by atoms with E-state index in [1.165, 1.54) is 0 Å². The highest BCUT2D eigenvalue weighted by molar-refractivity contribution is 7.92. The summed E-state index contributed by atoms with van der Waals surface area (Å²) in [5.41, 5.74) is 0.869. The summed E-state index contributed by atoms with van der Waals surface area (Å²) in [7, 11) is -1.25. The van der Waals surface area contributed by atoms with Crippen LogP contribution in [0.15, 0.2) is 18.5 Å². The molecule has 2 rings (SSSR count). The maximum Gasteiger partial charge on any atom is 0.155 e. The quantitative estimate of drug-likeness (QED) is 0.896. The molecule has 1 fully saturated rings. The summed E-state index contributed by atoms with van der Waals surface area (Å²) in [6.07, 6.45) is 5.79. The van der Waals surface area contributed by atoms with Gasteiger partial charge in [0.2, 0.25) is 0 Å². The van der Waals surface area contributed by atoms with Crippen LogP contribution in [0.5, 0.6) is 5.75 Å². The van der Waals surface area contributed by atoms with Crippen LogP contribution in [-0.2, 0) is 9.84 Å². The van der Waals surface area contributed by atoms with Gasteiger partial charge in [-0.25, -0.2) is 8.42 Å². The molecule has 6 heteroatoms. The summed E-state index contributed by atoms with van der Waals surface area (Å²) in [5.74, 6) is 0.965. The van der Waals surface area contributed by atoms with Gasteiger partial charge in [-0.1, -0.05) is 6.42 Å². The molecule has 0 aliphatic carbocycles. The third-order valence-corrected chi connectivity index (χ3v) is 6.00. The molecule has 1 aromatic rings. The van der Waals surface area contributed by atoms with E-state index < -0.39 is 9.84 Å². The van der Waals surface area contributed by atoms with Crippen molar-refractivity contribution in [1.82, 2.24) is 10.3 Å². The summed E-state index contributed by atoms with van der Waals surface area (Å²) in [5, 5.41) is 2.76. The van der Waals surface area contributed by atoms with E-state index in [0.29, 0.717) is 18.8 Å². The van der Waals surface area contributed by atoms with Crippen LogP contribution in [0.3, 0.4) is 0 Å². The van der Waals surface area contributed by atoms with Crippen molar-refractivity contribution in [2.75, 3.05) is 19.4 Å². The Morgan fingerprint density at radius 3 is 2.90 bits per heavy atom. The van der Waals surface area contributed by atoms with Gasteiger partial charge in [0.15, 0.2) is 9.84 Å². The topological polar surface area (TPSA) is 68.3 Å². The zero-order valence-corrected chi connectivity index (χ0v) is 12.8. The fourth-order valence-corrected chi connectivity index (χ4v) is 4.92. The largest absolute Gasteiger partial charge is 0.492 e. The van der Waals surface area contributed by atoms with Crippen LogP contribution in [0, 0.1) is 0 Å². The number of aromatic nitrogens is 1. The Labute approximate surface area is 120 Å². The van der Waals surface area contributed by atoms with E-state index in [9.17, 15) is 8.42 Å². The molecule has 0 radical (unpaired) electrons.